The molecule has 2 fully saturated rings. The van der Waals surface area contributed by atoms with Crippen molar-refractivity contribution >= 4 is 42.1 Å². The van der Waals surface area contributed by atoms with Crippen LogP contribution in [-0.4, -0.2) is 35.8 Å². The summed E-state index contributed by atoms with van der Waals surface area (Å²) in [6, 6.07) is 0. The van der Waals surface area contributed by atoms with Crippen LogP contribution in [0.25, 0.3) is 0 Å². The van der Waals surface area contributed by atoms with E-state index in [1.165, 1.54) is 5.57 Å². The number of carbonyl (C=O) groups excluding carboxylic acids is 2. The third-order valence-corrected chi connectivity index (χ3v) is 6.59. The van der Waals surface area contributed by atoms with Crippen LogP contribution in [0.1, 0.15) is 19.8 Å². The molecule has 3 atom stereocenters. The van der Waals surface area contributed by atoms with Gasteiger partial charge < -0.3 is 4.74 Å². The molecule has 7 heteroatoms. The van der Waals surface area contributed by atoms with Crippen LogP contribution in [-0.2, 0) is 14.3 Å². The summed E-state index contributed by atoms with van der Waals surface area (Å²) in [6.45, 7) is 4.35. The van der Waals surface area contributed by atoms with E-state index in [1.54, 1.807) is 9.12 Å². The van der Waals surface area contributed by atoms with E-state index in [0.29, 0.717) is 13.0 Å². The number of piperidine rings is 1. The standard InChI is InChI=1S/C13H17IN2O3S/c1-2-19-10-5-8-11(13(18)15-12(8)17)7-3-4-16(20-14)6-9(7)10/h7-8,11H,2-6H2,1H3,(H,15,17,18). The predicted molar refractivity (Wildman–Crippen MR) is 84.7 cm³/mol. The Labute approximate surface area is 134 Å². The Hall–Kier alpha value is -0.280. The van der Waals surface area contributed by atoms with Crippen molar-refractivity contribution < 1.29 is 14.3 Å². The number of imide groups is 1. The first-order valence-corrected chi connectivity index (χ1v) is 10.2. The van der Waals surface area contributed by atoms with E-state index in [4.69, 9.17) is 4.74 Å². The summed E-state index contributed by atoms with van der Waals surface area (Å²) in [5.41, 5.74) is 1.23. The van der Waals surface area contributed by atoms with Crippen LogP contribution < -0.4 is 5.32 Å². The molecule has 3 aliphatic rings. The Morgan fingerprint density at radius 1 is 1.40 bits per heavy atom. The Balaban J connectivity index is 1.95. The average molecular weight is 408 g/mol. The summed E-state index contributed by atoms with van der Waals surface area (Å²) in [7, 11) is 1.69. The molecule has 3 rings (SSSR count). The van der Waals surface area contributed by atoms with Gasteiger partial charge in [-0.15, -0.1) is 0 Å². The number of rotatable bonds is 3. The smallest absolute Gasteiger partial charge is 0.231 e. The van der Waals surface area contributed by atoms with Crippen molar-refractivity contribution in [3.63, 3.8) is 0 Å². The largest absolute Gasteiger partial charge is 0.498 e. The molecular weight excluding hydrogens is 391 g/mol. The second-order valence-corrected chi connectivity index (χ2v) is 7.24. The quantitative estimate of drug-likeness (QED) is 0.439. The Morgan fingerprint density at radius 3 is 2.90 bits per heavy atom. The van der Waals surface area contributed by atoms with Gasteiger partial charge in [-0.3, -0.25) is 14.9 Å². The van der Waals surface area contributed by atoms with Gasteiger partial charge in [0.15, 0.2) is 0 Å². The number of allylic oxidation sites excluding steroid dienone is 1. The fourth-order valence-electron chi connectivity index (χ4n) is 3.58. The van der Waals surface area contributed by atoms with Crippen molar-refractivity contribution in [3.8, 4) is 0 Å². The summed E-state index contributed by atoms with van der Waals surface area (Å²) < 4.78 is 8.07. The number of hydrogen-bond donors (Lipinski definition) is 1. The zero-order valence-corrected chi connectivity index (χ0v) is 14.2. The molecule has 0 spiro atoms. The SMILES string of the molecule is CCOC1=C2CN(SI)CCC2C2C(=O)NC(=O)C2C1. The minimum absolute atomic E-state index is 0.0892. The van der Waals surface area contributed by atoms with E-state index in [1.807, 2.05) is 6.92 Å². The molecule has 1 aliphatic carbocycles. The minimum atomic E-state index is -0.225. The number of fused-ring (bicyclic) bond motifs is 3. The number of nitrogens with zero attached hydrogens (tertiary/aromatic N) is 1. The Kier molecular flexibility index (Phi) is 4.28. The van der Waals surface area contributed by atoms with Gasteiger partial charge in [-0.25, -0.2) is 4.31 Å². The van der Waals surface area contributed by atoms with Crippen molar-refractivity contribution in [2.45, 2.75) is 19.8 Å². The lowest BCUT2D eigenvalue weighted by Crippen LogP contribution is -2.41. The van der Waals surface area contributed by atoms with Gasteiger partial charge in [0, 0.05) is 40.7 Å². The molecule has 0 aromatic rings. The van der Waals surface area contributed by atoms with Gasteiger partial charge in [0.2, 0.25) is 11.8 Å². The van der Waals surface area contributed by atoms with Gasteiger partial charge in [0.05, 0.1) is 24.2 Å². The molecule has 2 aliphatic heterocycles. The predicted octanol–water partition coefficient (Wildman–Crippen LogP) is 1.89. The van der Waals surface area contributed by atoms with E-state index >= 15 is 0 Å². The van der Waals surface area contributed by atoms with Gasteiger partial charge in [-0.1, -0.05) is 0 Å². The highest BCUT2D eigenvalue weighted by atomic mass is 127. The molecule has 0 saturated carbocycles. The zero-order chi connectivity index (χ0) is 14.3. The highest BCUT2D eigenvalue weighted by Gasteiger charge is 2.51. The van der Waals surface area contributed by atoms with E-state index in [2.05, 4.69) is 30.8 Å². The molecule has 0 aromatic heterocycles. The molecule has 0 aromatic carbocycles. The van der Waals surface area contributed by atoms with Crippen LogP contribution in [0.5, 0.6) is 0 Å². The first-order valence-electron chi connectivity index (χ1n) is 6.88. The maximum atomic E-state index is 12.1. The van der Waals surface area contributed by atoms with Gasteiger partial charge in [-0.05, 0) is 34.0 Å². The third-order valence-electron chi connectivity index (χ3n) is 4.42. The summed E-state index contributed by atoms with van der Waals surface area (Å²) >= 11 is 2.28. The highest BCUT2D eigenvalue weighted by molar-refractivity contribution is 14.2. The topological polar surface area (TPSA) is 58.6 Å². The van der Waals surface area contributed by atoms with Gasteiger partial charge >= 0.3 is 0 Å². The first-order chi connectivity index (χ1) is 9.65. The lowest BCUT2D eigenvalue weighted by molar-refractivity contribution is -0.126. The maximum Gasteiger partial charge on any atom is 0.231 e. The summed E-state index contributed by atoms with van der Waals surface area (Å²) in [5, 5.41) is 2.50. The third kappa shape index (κ3) is 2.37. The van der Waals surface area contributed by atoms with Crippen LogP contribution >= 0.6 is 30.3 Å². The maximum absolute atomic E-state index is 12.1. The number of hydrogen-bond acceptors (Lipinski definition) is 5. The Morgan fingerprint density at radius 2 is 2.20 bits per heavy atom. The summed E-state index contributed by atoms with van der Waals surface area (Å²) in [4.78, 5) is 24.0. The number of nitrogens with one attached hydrogen (secondary N) is 1. The van der Waals surface area contributed by atoms with Crippen molar-refractivity contribution in [2.75, 3.05) is 19.7 Å². The second-order valence-electron chi connectivity index (χ2n) is 5.40. The van der Waals surface area contributed by atoms with Crippen molar-refractivity contribution in [1.29, 1.82) is 0 Å². The lowest BCUT2D eigenvalue weighted by atomic mass is 9.69. The molecule has 20 heavy (non-hydrogen) atoms. The lowest BCUT2D eigenvalue weighted by Gasteiger charge is -2.40. The number of ether oxygens (including phenoxy) is 1. The van der Waals surface area contributed by atoms with Crippen molar-refractivity contribution in [3.05, 3.63) is 11.3 Å². The van der Waals surface area contributed by atoms with E-state index in [0.717, 1.165) is 25.3 Å². The van der Waals surface area contributed by atoms with Crippen molar-refractivity contribution in [2.24, 2.45) is 17.8 Å². The van der Waals surface area contributed by atoms with E-state index in [-0.39, 0.29) is 29.6 Å². The van der Waals surface area contributed by atoms with Crippen LogP contribution in [0, 0.1) is 17.8 Å². The first kappa shape index (κ1) is 14.6. The summed E-state index contributed by atoms with van der Waals surface area (Å²) in [5.74, 6) is 0.496. The molecule has 2 amide bonds. The molecule has 3 unspecified atom stereocenters. The Bertz CT molecular complexity index is 482. The van der Waals surface area contributed by atoms with Gasteiger partial charge in [-0.2, -0.15) is 0 Å². The average Bonchev–Trinajstić information content (AvgIpc) is 2.73. The second kappa shape index (κ2) is 5.84. The molecule has 110 valence electrons. The summed E-state index contributed by atoms with van der Waals surface area (Å²) in [6.07, 6.45) is 1.49. The van der Waals surface area contributed by atoms with Crippen LogP contribution in [0.4, 0.5) is 0 Å². The minimum Gasteiger partial charge on any atom is -0.498 e. The molecule has 5 nitrogen and oxygen atoms in total. The van der Waals surface area contributed by atoms with Crippen LogP contribution in [0.15, 0.2) is 11.3 Å². The van der Waals surface area contributed by atoms with Crippen LogP contribution in [0.2, 0.25) is 0 Å². The fourth-order valence-corrected chi connectivity index (χ4v) is 4.95. The van der Waals surface area contributed by atoms with Gasteiger partial charge in [0.1, 0.15) is 0 Å². The number of carbonyl (C=O) groups is 2. The number of halogens is 1. The molecule has 2 heterocycles. The molecule has 0 bridgehead atoms. The van der Waals surface area contributed by atoms with Gasteiger partial charge in [0.25, 0.3) is 0 Å². The number of amides is 2. The molecule has 1 N–H and O–H groups in total. The highest BCUT2D eigenvalue weighted by Crippen LogP contribution is 2.46. The molecule has 0 radical (unpaired) electrons. The fraction of sp³-hybridized carbons (Fsp3) is 0.692. The molecular formula is C13H17IN2O3S. The zero-order valence-electron chi connectivity index (χ0n) is 11.2. The van der Waals surface area contributed by atoms with E-state index < -0.39 is 0 Å². The normalized spacial score (nSPS) is 33.8. The van der Waals surface area contributed by atoms with E-state index in [9.17, 15) is 9.59 Å². The van der Waals surface area contributed by atoms with Crippen LogP contribution in [0.3, 0.4) is 0 Å². The molecule has 2 saturated heterocycles. The van der Waals surface area contributed by atoms with Crippen molar-refractivity contribution in [1.82, 2.24) is 9.62 Å². The monoisotopic (exact) mass is 408 g/mol.